The van der Waals surface area contributed by atoms with E-state index in [1.807, 2.05) is 34.9 Å². The van der Waals surface area contributed by atoms with E-state index >= 15 is 0 Å². The summed E-state index contributed by atoms with van der Waals surface area (Å²) in [5, 5.41) is 1.70. The van der Waals surface area contributed by atoms with Gasteiger partial charge in [-0.05, 0) is 43.4 Å². The van der Waals surface area contributed by atoms with Gasteiger partial charge in [0.15, 0.2) is 5.16 Å². The molecule has 0 radical (unpaired) electrons. The van der Waals surface area contributed by atoms with Crippen molar-refractivity contribution >= 4 is 33.3 Å². The summed E-state index contributed by atoms with van der Waals surface area (Å²) >= 11 is 3.32. The van der Waals surface area contributed by atoms with Crippen molar-refractivity contribution in [2.45, 2.75) is 44.3 Å². The number of hydrogen-bond acceptors (Lipinski definition) is 5. The summed E-state index contributed by atoms with van der Waals surface area (Å²) in [7, 11) is 0. The van der Waals surface area contributed by atoms with E-state index in [1.54, 1.807) is 23.1 Å². The van der Waals surface area contributed by atoms with Gasteiger partial charge < -0.3 is 4.74 Å². The van der Waals surface area contributed by atoms with Crippen molar-refractivity contribution in [1.82, 2.24) is 9.55 Å². The van der Waals surface area contributed by atoms with E-state index in [1.165, 1.54) is 10.4 Å². The highest BCUT2D eigenvalue weighted by Gasteiger charge is 2.23. The Morgan fingerprint density at radius 1 is 1.27 bits per heavy atom. The topological polar surface area (TPSA) is 44.1 Å². The number of nitrogens with zero attached hydrogens (tertiary/aromatic N) is 2. The molecule has 0 unspecified atom stereocenters. The number of ether oxygens (including phenoxy) is 1. The zero-order valence-electron chi connectivity index (χ0n) is 14.9. The summed E-state index contributed by atoms with van der Waals surface area (Å²) in [6.07, 6.45) is 4.21. The molecular formula is C20H22N2O2S2. The molecule has 0 N–H and O–H groups in total. The van der Waals surface area contributed by atoms with E-state index in [9.17, 15) is 4.79 Å². The predicted octanol–water partition coefficient (Wildman–Crippen LogP) is 4.53. The second-order valence-corrected chi connectivity index (χ2v) is 8.54. The van der Waals surface area contributed by atoms with Crippen LogP contribution in [-0.4, -0.2) is 21.9 Å². The van der Waals surface area contributed by atoms with E-state index in [0.717, 1.165) is 52.6 Å². The molecule has 0 spiro atoms. The van der Waals surface area contributed by atoms with Gasteiger partial charge in [-0.1, -0.05) is 36.9 Å². The molecule has 0 aliphatic heterocycles. The maximum absolute atomic E-state index is 13.1. The molecule has 2 aromatic heterocycles. The molecule has 1 aliphatic rings. The number of thioether (sulfide) groups is 1. The fraction of sp³-hybridized carbons (Fsp3) is 0.400. The molecule has 3 aromatic rings. The molecule has 6 heteroatoms. The number of rotatable bonds is 7. The van der Waals surface area contributed by atoms with Crippen LogP contribution in [0.25, 0.3) is 10.2 Å². The molecule has 0 atom stereocenters. The van der Waals surface area contributed by atoms with Crippen LogP contribution in [0.5, 0.6) is 5.75 Å². The quantitative estimate of drug-likeness (QED) is 0.340. The second kappa shape index (κ2) is 7.84. The third-order valence-electron chi connectivity index (χ3n) is 4.56. The Morgan fingerprint density at radius 2 is 2.12 bits per heavy atom. The third-order valence-corrected chi connectivity index (χ3v) is 6.69. The van der Waals surface area contributed by atoms with Crippen LogP contribution in [0.3, 0.4) is 0 Å². The first-order valence-corrected chi connectivity index (χ1v) is 10.9. The lowest BCUT2D eigenvalue weighted by Crippen LogP contribution is -2.23. The minimum atomic E-state index is 0.141. The van der Waals surface area contributed by atoms with Gasteiger partial charge in [0.1, 0.15) is 10.6 Å². The third kappa shape index (κ3) is 3.40. The second-order valence-electron chi connectivity index (χ2n) is 6.40. The fourth-order valence-electron chi connectivity index (χ4n) is 3.40. The highest BCUT2D eigenvalue weighted by molar-refractivity contribution is 7.99. The lowest BCUT2D eigenvalue weighted by molar-refractivity contribution is 0.344. The summed E-state index contributed by atoms with van der Waals surface area (Å²) in [4.78, 5) is 20.2. The SMILES string of the molecule is CCCn1c(SCCOc2ccccc2)nc2sc3c(c2c1=O)CCC3. The molecule has 0 saturated heterocycles. The van der Waals surface area contributed by atoms with Crippen LogP contribution < -0.4 is 10.3 Å². The number of fused-ring (bicyclic) bond motifs is 3. The Bertz CT molecular complexity index is 963. The van der Waals surface area contributed by atoms with Crippen molar-refractivity contribution in [2.75, 3.05) is 12.4 Å². The summed E-state index contributed by atoms with van der Waals surface area (Å²) in [6.45, 7) is 3.41. The van der Waals surface area contributed by atoms with Crippen LogP contribution in [0.15, 0.2) is 40.3 Å². The molecule has 2 heterocycles. The number of aryl methyl sites for hydroxylation is 2. The first-order chi connectivity index (χ1) is 12.8. The van der Waals surface area contributed by atoms with E-state index < -0.39 is 0 Å². The van der Waals surface area contributed by atoms with Crippen molar-refractivity contribution in [1.29, 1.82) is 0 Å². The van der Waals surface area contributed by atoms with Crippen LogP contribution in [0.2, 0.25) is 0 Å². The monoisotopic (exact) mass is 386 g/mol. The van der Waals surface area contributed by atoms with Crippen LogP contribution in [0.4, 0.5) is 0 Å². The average Bonchev–Trinajstić information content (AvgIpc) is 3.23. The van der Waals surface area contributed by atoms with E-state index in [2.05, 4.69) is 6.92 Å². The highest BCUT2D eigenvalue weighted by Crippen LogP contribution is 2.35. The normalized spacial score (nSPS) is 13.3. The standard InChI is InChI=1S/C20H22N2O2S2/c1-2-11-22-19(23)17-15-9-6-10-16(15)26-18(17)21-20(22)25-13-12-24-14-7-4-3-5-8-14/h3-5,7-8H,2,6,9-13H2,1H3. The lowest BCUT2D eigenvalue weighted by atomic mass is 10.2. The number of thiophene rings is 1. The van der Waals surface area contributed by atoms with Crippen molar-refractivity contribution in [2.24, 2.45) is 0 Å². The number of hydrogen-bond donors (Lipinski definition) is 0. The molecule has 0 fully saturated rings. The maximum atomic E-state index is 13.1. The predicted molar refractivity (Wildman–Crippen MR) is 109 cm³/mol. The van der Waals surface area contributed by atoms with Crippen molar-refractivity contribution in [3.8, 4) is 5.75 Å². The van der Waals surface area contributed by atoms with Crippen LogP contribution in [-0.2, 0) is 19.4 Å². The van der Waals surface area contributed by atoms with Crippen LogP contribution >= 0.6 is 23.1 Å². The van der Waals surface area contributed by atoms with Gasteiger partial charge in [-0.2, -0.15) is 0 Å². The molecule has 0 bridgehead atoms. The molecule has 1 aromatic carbocycles. The summed E-state index contributed by atoms with van der Waals surface area (Å²) in [5.41, 5.74) is 1.40. The molecule has 0 amide bonds. The fourth-order valence-corrected chi connectivity index (χ4v) is 5.54. The van der Waals surface area contributed by atoms with Gasteiger partial charge in [0, 0.05) is 17.2 Å². The Labute approximate surface area is 161 Å². The minimum absolute atomic E-state index is 0.141. The molecule has 4 rings (SSSR count). The lowest BCUT2D eigenvalue weighted by Gasteiger charge is -2.12. The van der Waals surface area contributed by atoms with Crippen molar-refractivity contribution in [3.05, 3.63) is 51.1 Å². The Balaban J connectivity index is 1.56. The highest BCUT2D eigenvalue weighted by atomic mass is 32.2. The smallest absolute Gasteiger partial charge is 0.263 e. The van der Waals surface area contributed by atoms with E-state index in [4.69, 9.17) is 9.72 Å². The van der Waals surface area contributed by atoms with E-state index in [-0.39, 0.29) is 5.56 Å². The van der Waals surface area contributed by atoms with E-state index in [0.29, 0.717) is 13.2 Å². The Hall–Kier alpha value is -1.79. The Kier molecular flexibility index (Phi) is 5.31. The first kappa shape index (κ1) is 17.6. The molecule has 1 aliphatic carbocycles. The van der Waals surface area contributed by atoms with Gasteiger partial charge >= 0.3 is 0 Å². The number of benzene rings is 1. The summed E-state index contributed by atoms with van der Waals surface area (Å²) in [6, 6.07) is 9.81. The molecule has 0 saturated carbocycles. The van der Waals surface area contributed by atoms with Gasteiger partial charge in [-0.15, -0.1) is 11.3 Å². The summed E-state index contributed by atoms with van der Waals surface area (Å²) in [5.74, 6) is 1.64. The number of para-hydroxylation sites is 1. The van der Waals surface area contributed by atoms with Crippen molar-refractivity contribution in [3.63, 3.8) is 0 Å². The molecular weight excluding hydrogens is 364 g/mol. The van der Waals surface area contributed by atoms with Crippen molar-refractivity contribution < 1.29 is 4.74 Å². The summed E-state index contributed by atoms with van der Waals surface area (Å²) < 4.78 is 7.62. The van der Waals surface area contributed by atoms with Crippen LogP contribution in [0.1, 0.15) is 30.2 Å². The number of aromatic nitrogens is 2. The zero-order valence-corrected chi connectivity index (χ0v) is 16.5. The maximum Gasteiger partial charge on any atom is 0.263 e. The van der Waals surface area contributed by atoms with Gasteiger partial charge in [-0.3, -0.25) is 9.36 Å². The zero-order chi connectivity index (χ0) is 17.9. The minimum Gasteiger partial charge on any atom is -0.493 e. The Morgan fingerprint density at radius 3 is 2.92 bits per heavy atom. The van der Waals surface area contributed by atoms with Gasteiger partial charge in [0.2, 0.25) is 0 Å². The van der Waals surface area contributed by atoms with Gasteiger partial charge in [-0.25, -0.2) is 4.98 Å². The largest absolute Gasteiger partial charge is 0.493 e. The molecule has 4 nitrogen and oxygen atoms in total. The average molecular weight is 387 g/mol. The molecule has 26 heavy (non-hydrogen) atoms. The first-order valence-electron chi connectivity index (χ1n) is 9.13. The van der Waals surface area contributed by atoms with Gasteiger partial charge in [0.25, 0.3) is 5.56 Å². The van der Waals surface area contributed by atoms with Gasteiger partial charge in [0.05, 0.1) is 12.0 Å². The molecule has 136 valence electrons. The van der Waals surface area contributed by atoms with Crippen LogP contribution in [0, 0.1) is 0 Å².